The number of fused-ring (bicyclic) bond motifs is 1. The summed E-state index contributed by atoms with van der Waals surface area (Å²) in [5.74, 6) is 1.30. The molecule has 1 aliphatic carbocycles. The van der Waals surface area contributed by atoms with Gasteiger partial charge in [-0.05, 0) is 30.2 Å². The molecule has 27 heavy (non-hydrogen) atoms. The molecule has 2 aliphatic rings. The zero-order valence-corrected chi connectivity index (χ0v) is 16.2. The van der Waals surface area contributed by atoms with Gasteiger partial charge in [-0.2, -0.15) is 0 Å². The molecular weight excluding hydrogens is 342 g/mol. The minimum Gasteiger partial charge on any atom is -0.465 e. The molecule has 1 aromatic rings. The van der Waals surface area contributed by atoms with E-state index in [2.05, 4.69) is 39.8 Å². The summed E-state index contributed by atoms with van der Waals surface area (Å²) in [5, 5.41) is 15.2. The average Bonchev–Trinajstić information content (AvgIpc) is 3.19. The van der Waals surface area contributed by atoms with Crippen molar-refractivity contribution in [3.8, 4) is 0 Å². The molecule has 1 unspecified atom stereocenters. The van der Waals surface area contributed by atoms with Gasteiger partial charge in [0.15, 0.2) is 0 Å². The van der Waals surface area contributed by atoms with Crippen LogP contribution in [-0.4, -0.2) is 54.1 Å². The number of carbonyl (C=O) groups excluding carboxylic acids is 1. The summed E-state index contributed by atoms with van der Waals surface area (Å²) in [6.45, 7) is 7.22. The standard InChI is InChI=1S/C21H31N3O3/c1-21(2,14-25)19(23-20(26)27)10-22-18-9-8-16-12-24(13-17(16)18)11-15-6-4-3-5-7-15/h3-7,14,16-19,22-23H,8-13H2,1-2H3,(H,26,27)/t16-,17+,18+,19?/m1/s1. The summed E-state index contributed by atoms with van der Waals surface area (Å²) in [7, 11) is 0. The topological polar surface area (TPSA) is 81.7 Å². The third kappa shape index (κ3) is 4.87. The molecule has 4 atom stereocenters. The Morgan fingerprint density at radius 1 is 1.30 bits per heavy atom. The van der Waals surface area contributed by atoms with Crippen molar-refractivity contribution >= 4 is 12.4 Å². The first-order valence-corrected chi connectivity index (χ1v) is 9.84. The number of likely N-dealkylation sites (tertiary alicyclic amines) is 1. The van der Waals surface area contributed by atoms with Crippen LogP contribution < -0.4 is 10.6 Å². The average molecular weight is 373 g/mol. The Morgan fingerprint density at radius 2 is 2.04 bits per heavy atom. The first-order valence-electron chi connectivity index (χ1n) is 9.84. The molecule has 2 fully saturated rings. The van der Waals surface area contributed by atoms with Crippen LogP contribution in [0.3, 0.4) is 0 Å². The zero-order valence-electron chi connectivity index (χ0n) is 16.2. The fraction of sp³-hybridized carbons (Fsp3) is 0.619. The monoisotopic (exact) mass is 373 g/mol. The molecule has 6 heteroatoms. The first kappa shape index (κ1) is 19.8. The van der Waals surface area contributed by atoms with Crippen LogP contribution in [0.5, 0.6) is 0 Å². The van der Waals surface area contributed by atoms with Crippen molar-refractivity contribution < 1.29 is 14.7 Å². The SMILES string of the molecule is CC(C)(C=O)C(CN[C@H]1CC[C@@H]2CN(Cc3ccccc3)C[C@@H]21)NC(=O)O. The highest BCUT2D eigenvalue weighted by Crippen LogP contribution is 2.38. The molecule has 1 heterocycles. The Labute approximate surface area is 161 Å². The lowest BCUT2D eigenvalue weighted by Crippen LogP contribution is -2.53. The Balaban J connectivity index is 1.55. The molecule has 6 nitrogen and oxygen atoms in total. The molecule has 1 saturated heterocycles. The molecule has 1 aromatic carbocycles. The van der Waals surface area contributed by atoms with E-state index >= 15 is 0 Å². The molecule has 1 saturated carbocycles. The maximum Gasteiger partial charge on any atom is 0.404 e. The van der Waals surface area contributed by atoms with Gasteiger partial charge < -0.3 is 20.5 Å². The van der Waals surface area contributed by atoms with Gasteiger partial charge in [-0.1, -0.05) is 44.2 Å². The summed E-state index contributed by atoms with van der Waals surface area (Å²) in [6, 6.07) is 10.5. The first-order chi connectivity index (χ1) is 12.9. The van der Waals surface area contributed by atoms with Gasteiger partial charge in [0.2, 0.25) is 0 Å². The molecule has 0 radical (unpaired) electrons. The summed E-state index contributed by atoms with van der Waals surface area (Å²) in [5.41, 5.74) is 0.610. The van der Waals surface area contributed by atoms with Crippen LogP contribution in [0.15, 0.2) is 30.3 Å². The molecule has 1 amide bonds. The van der Waals surface area contributed by atoms with Crippen LogP contribution in [0, 0.1) is 17.3 Å². The fourth-order valence-electron chi connectivity index (χ4n) is 4.58. The maximum atomic E-state index is 11.4. The van der Waals surface area contributed by atoms with Crippen molar-refractivity contribution in [2.75, 3.05) is 19.6 Å². The van der Waals surface area contributed by atoms with Crippen molar-refractivity contribution in [3.05, 3.63) is 35.9 Å². The highest BCUT2D eigenvalue weighted by molar-refractivity contribution is 5.67. The van der Waals surface area contributed by atoms with E-state index in [0.717, 1.165) is 32.3 Å². The Morgan fingerprint density at radius 3 is 2.70 bits per heavy atom. The third-order valence-corrected chi connectivity index (χ3v) is 6.27. The smallest absolute Gasteiger partial charge is 0.404 e. The normalized spacial score (nSPS) is 26.5. The van der Waals surface area contributed by atoms with Crippen LogP contribution in [0.2, 0.25) is 0 Å². The third-order valence-electron chi connectivity index (χ3n) is 6.27. The second-order valence-corrected chi connectivity index (χ2v) is 8.64. The second-order valence-electron chi connectivity index (χ2n) is 8.64. The number of carboxylic acid groups (broad SMARTS) is 1. The zero-order chi connectivity index (χ0) is 19.4. The van der Waals surface area contributed by atoms with E-state index in [1.165, 1.54) is 12.0 Å². The van der Waals surface area contributed by atoms with E-state index in [0.29, 0.717) is 24.4 Å². The van der Waals surface area contributed by atoms with E-state index < -0.39 is 17.6 Å². The fourth-order valence-corrected chi connectivity index (χ4v) is 4.58. The molecule has 0 aromatic heterocycles. The number of nitrogens with one attached hydrogen (secondary N) is 2. The van der Waals surface area contributed by atoms with E-state index in [-0.39, 0.29) is 0 Å². The molecule has 0 spiro atoms. The minimum atomic E-state index is -1.09. The van der Waals surface area contributed by atoms with Crippen LogP contribution >= 0.6 is 0 Å². The summed E-state index contributed by atoms with van der Waals surface area (Å²) in [4.78, 5) is 25.0. The summed E-state index contributed by atoms with van der Waals surface area (Å²) < 4.78 is 0. The number of benzene rings is 1. The van der Waals surface area contributed by atoms with Crippen molar-refractivity contribution in [1.29, 1.82) is 0 Å². The number of carbonyl (C=O) groups is 2. The predicted octanol–water partition coefficient (Wildman–Crippen LogP) is 2.35. The number of amides is 1. The maximum absolute atomic E-state index is 11.4. The highest BCUT2D eigenvalue weighted by Gasteiger charge is 2.43. The molecule has 1 aliphatic heterocycles. The van der Waals surface area contributed by atoms with Gasteiger partial charge in [0.25, 0.3) is 0 Å². The van der Waals surface area contributed by atoms with E-state index in [1.54, 1.807) is 13.8 Å². The van der Waals surface area contributed by atoms with Gasteiger partial charge >= 0.3 is 6.09 Å². The Kier molecular flexibility index (Phi) is 6.17. The van der Waals surface area contributed by atoms with Crippen LogP contribution in [0.25, 0.3) is 0 Å². The summed E-state index contributed by atoms with van der Waals surface area (Å²) in [6.07, 6.45) is 2.08. The van der Waals surface area contributed by atoms with Crippen LogP contribution in [0.1, 0.15) is 32.3 Å². The lowest BCUT2D eigenvalue weighted by Gasteiger charge is -2.31. The van der Waals surface area contributed by atoms with Crippen LogP contribution in [0.4, 0.5) is 4.79 Å². The van der Waals surface area contributed by atoms with E-state index in [9.17, 15) is 9.59 Å². The number of rotatable bonds is 8. The van der Waals surface area contributed by atoms with Gasteiger partial charge in [0.05, 0.1) is 6.04 Å². The van der Waals surface area contributed by atoms with Gasteiger partial charge in [0.1, 0.15) is 6.29 Å². The molecular formula is C21H31N3O3. The second kappa shape index (κ2) is 8.40. The number of hydrogen-bond donors (Lipinski definition) is 3. The number of aldehydes is 1. The van der Waals surface area contributed by atoms with Gasteiger partial charge in [0, 0.05) is 37.6 Å². The molecule has 3 rings (SSSR count). The Bertz CT molecular complexity index is 649. The lowest BCUT2D eigenvalue weighted by molar-refractivity contribution is -0.115. The van der Waals surface area contributed by atoms with E-state index in [1.807, 2.05) is 6.07 Å². The van der Waals surface area contributed by atoms with Gasteiger partial charge in [-0.25, -0.2) is 4.79 Å². The van der Waals surface area contributed by atoms with Crippen molar-refractivity contribution in [3.63, 3.8) is 0 Å². The van der Waals surface area contributed by atoms with Crippen molar-refractivity contribution in [1.82, 2.24) is 15.5 Å². The number of nitrogens with zero attached hydrogens (tertiary/aromatic N) is 1. The van der Waals surface area contributed by atoms with Crippen molar-refractivity contribution in [2.24, 2.45) is 17.3 Å². The quantitative estimate of drug-likeness (QED) is 0.610. The summed E-state index contributed by atoms with van der Waals surface area (Å²) >= 11 is 0. The largest absolute Gasteiger partial charge is 0.465 e. The minimum absolute atomic E-state index is 0.385. The molecule has 3 N–H and O–H groups in total. The predicted molar refractivity (Wildman–Crippen MR) is 105 cm³/mol. The van der Waals surface area contributed by atoms with Crippen LogP contribution in [-0.2, 0) is 11.3 Å². The van der Waals surface area contributed by atoms with Gasteiger partial charge in [-0.15, -0.1) is 0 Å². The van der Waals surface area contributed by atoms with Gasteiger partial charge in [-0.3, -0.25) is 4.90 Å². The van der Waals surface area contributed by atoms with Crippen molar-refractivity contribution in [2.45, 2.75) is 45.3 Å². The molecule has 148 valence electrons. The molecule has 0 bridgehead atoms. The van der Waals surface area contributed by atoms with E-state index in [4.69, 9.17) is 5.11 Å². The Hall–Kier alpha value is -1.92. The lowest BCUT2D eigenvalue weighted by atomic mass is 9.85. The number of hydrogen-bond acceptors (Lipinski definition) is 4. The highest BCUT2D eigenvalue weighted by atomic mass is 16.4.